The van der Waals surface area contributed by atoms with E-state index in [0.29, 0.717) is 6.54 Å². The van der Waals surface area contributed by atoms with E-state index in [0.717, 1.165) is 69.6 Å². The third kappa shape index (κ3) is 8.22. The van der Waals surface area contributed by atoms with E-state index < -0.39 is 0 Å². The Labute approximate surface area is 181 Å². The number of benzene rings is 1. The maximum atomic E-state index is 11.4. The molecule has 2 N–H and O–H groups in total. The number of carbonyl (C=O) groups excluding carboxylic acids is 1. The fraction of sp³-hybridized carbons (Fsp3) is 0.652. The van der Waals surface area contributed by atoms with Crippen LogP contribution in [0, 0.1) is 6.92 Å². The minimum atomic E-state index is 0.169. The van der Waals surface area contributed by atoms with Gasteiger partial charge in [0.05, 0.1) is 6.61 Å². The Morgan fingerprint density at radius 2 is 1.93 bits per heavy atom. The molecule has 1 aromatic rings. The summed E-state index contributed by atoms with van der Waals surface area (Å²) in [6, 6.07) is 6.35. The summed E-state index contributed by atoms with van der Waals surface area (Å²) < 4.78 is 6.04. The minimum Gasteiger partial charge on any atom is -0.493 e. The predicted octanol–water partition coefficient (Wildman–Crippen LogP) is 2.39. The highest BCUT2D eigenvalue weighted by molar-refractivity contribution is 5.79. The zero-order valence-corrected chi connectivity index (χ0v) is 19.2. The molecule has 1 aromatic carbocycles. The number of unbranched alkanes of at least 4 members (excludes halogenated alkanes) is 2. The Hall–Kier alpha value is -2.28. The molecule has 7 heteroatoms. The average Bonchev–Trinajstić information content (AvgIpc) is 2.75. The average molecular weight is 418 g/mol. The van der Waals surface area contributed by atoms with Crippen LogP contribution in [0.25, 0.3) is 0 Å². The van der Waals surface area contributed by atoms with Crippen molar-refractivity contribution in [2.24, 2.45) is 4.99 Å². The van der Waals surface area contributed by atoms with Crippen molar-refractivity contribution in [2.45, 2.75) is 46.6 Å². The molecule has 1 heterocycles. The number of amides is 1. The number of aryl methyl sites for hydroxylation is 1. The van der Waals surface area contributed by atoms with Gasteiger partial charge in [0.2, 0.25) is 5.91 Å². The van der Waals surface area contributed by atoms with Gasteiger partial charge in [-0.2, -0.15) is 0 Å². The van der Waals surface area contributed by atoms with Crippen molar-refractivity contribution in [1.29, 1.82) is 0 Å². The van der Waals surface area contributed by atoms with Gasteiger partial charge in [0, 0.05) is 65.3 Å². The van der Waals surface area contributed by atoms with Crippen LogP contribution in [0.2, 0.25) is 0 Å². The van der Waals surface area contributed by atoms with Crippen molar-refractivity contribution in [2.75, 3.05) is 52.9 Å². The topological polar surface area (TPSA) is 69.2 Å². The second-order valence-corrected chi connectivity index (χ2v) is 7.87. The van der Waals surface area contributed by atoms with Gasteiger partial charge in [-0.25, -0.2) is 0 Å². The Kier molecular flexibility index (Phi) is 10.5. The van der Waals surface area contributed by atoms with Crippen LogP contribution in [0.4, 0.5) is 0 Å². The van der Waals surface area contributed by atoms with Crippen molar-refractivity contribution in [3.8, 4) is 5.75 Å². The number of hydrogen-bond acceptors (Lipinski definition) is 4. The summed E-state index contributed by atoms with van der Waals surface area (Å²) in [7, 11) is 1.79. The molecule has 7 nitrogen and oxygen atoms in total. The fourth-order valence-electron chi connectivity index (χ4n) is 3.49. The van der Waals surface area contributed by atoms with Crippen LogP contribution in [0.5, 0.6) is 5.75 Å². The first kappa shape index (κ1) is 24.0. The molecule has 1 amide bonds. The number of piperazine rings is 1. The fourth-order valence-corrected chi connectivity index (χ4v) is 3.49. The highest BCUT2D eigenvalue weighted by Crippen LogP contribution is 2.20. The Morgan fingerprint density at radius 1 is 1.17 bits per heavy atom. The molecule has 0 bridgehead atoms. The lowest BCUT2D eigenvalue weighted by atomic mass is 10.1. The molecular weight excluding hydrogens is 378 g/mol. The summed E-state index contributed by atoms with van der Waals surface area (Å²) in [5.74, 6) is 1.91. The van der Waals surface area contributed by atoms with Crippen LogP contribution < -0.4 is 15.4 Å². The molecule has 168 valence electrons. The van der Waals surface area contributed by atoms with Gasteiger partial charge in [-0.15, -0.1) is 0 Å². The van der Waals surface area contributed by atoms with Crippen molar-refractivity contribution in [3.05, 3.63) is 29.3 Å². The van der Waals surface area contributed by atoms with Gasteiger partial charge in [0.1, 0.15) is 5.75 Å². The van der Waals surface area contributed by atoms with Gasteiger partial charge in [0.15, 0.2) is 5.96 Å². The summed E-state index contributed by atoms with van der Waals surface area (Å²) in [4.78, 5) is 20.1. The lowest BCUT2D eigenvalue weighted by Gasteiger charge is -2.34. The summed E-state index contributed by atoms with van der Waals surface area (Å²) in [6.45, 7) is 12.6. The van der Waals surface area contributed by atoms with Gasteiger partial charge in [-0.05, 0) is 25.0 Å². The maximum Gasteiger partial charge on any atom is 0.219 e. The van der Waals surface area contributed by atoms with Crippen LogP contribution in [-0.4, -0.2) is 74.6 Å². The number of aliphatic imine (C=N–C) groups is 1. The van der Waals surface area contributed by atoms with Crippen LogP contribution >= 0.6 is 0 Å². The number of ether oxygens (including phenoxy) is 1. The second-order valence-electron chi connectivity index (χ2n) is 7.87. The molecule has 0 spiro atoms. The molecule has 0 radical (unpaired) electrons. The molecule has 0 saturated carbocycles. The largest absolute Gasteiger partial charge is 0.493 e. The van der Waals surface area contributed by atoms with Crippen LogP contribution in [0.1, 0.15) is 44.2 Å². The summed E-state index contributed by atoms with van der Waals surface area (Å²) in [5.41, 5.74) is 2.34. The van der Waals surface area contributed by atoms with Gasteiger partial charge in [-0.1, -0.05) is 31.9 Å². The number of carbonyl (C=O) groups is 1. The quantitative estimate of drug-likeness (QED) is 0.348. The van der Waals surface area contributed by atoms with E-state index in [-0.39, 0.29) is 5.91 Å². The van der Waals surface area contributed by atoms with E-state index in [4.69, 9.17) is 4.74 Å². The van der Waals surface area contributed by atoms with Gasteiger partial charge >= 0.3 is 0 Å². The normalized spacial score (nSPS) is 15.2. The number of hydrogen-bond donors (Lipinski definition) is 2. The van der Waals surface area contributed by atoms with Crippen molar-refractivity contribution >= 4 is 11.9 Å². The highest BCUT2D eigenvalue weighted by Gasteiger charge is 2.18. The standard InChI is InChI=1S/C23H39N5O2/c1-5-6-7-16-30-22-17-19(2)8-9-21(22)18-26-23(24-4)25-10-11-27-12-14-28(15-13-27)20(3)29/h8-9,17H,5-7,10-16,18H2,1-4H3,(H2,24,25,26). The molecule has 1 aliphatic heterocycles. The zero-order chi connectivity index (χ0) is 21.8. The van der Waals surface area contributed by atoms with E-state index >= 15 is 0 Å². The summed E-state index contributed by atoms with van der Waals surface area (Å²) in [5, 5.41) is 6.78. The summed E-state index contributed by atoms with van der Waals surface area (Å²) >= 11 is 0. The Balaban J connectivity index is 1.75. The van der Waals surface area contributed by atoms with Crippen LogP contribution in [0.3, 0.4) is 0 Å². The first-order chi connectivity index (χ1) is 14.5. The van der Waals surface area contributed by atoms with Crippen molar-refractivity contribution < 1.29 is 9.53 Å². The monoisotopic (exact) mass is 417 g/mol. The second kappa shape index (κ2) is 13.1. The number of nitrogens with zero attached hydrogens (tertiary/aromatic N) is 3. The molecular formula is C23H39N5O2. The van der Waals surface area contributed by atoms with Crippen molar-refractivity contribution in [3.63, 3.8) is 0 Å². The van der Waals surface area contributed by atoms with Gasteiger partial charge < -0.3 is 20.3 Å². The maximum absolute atomic E-state index is 11.4. The van der Waals surface area contributed by atoms with E-state index in [9.17, 15) is 4.79 Å². The third-order valence-electron chi connectivity index (χ3n) is 5.44. The molecule has 1 saturated heterocycles. The van der Waals surface area contributed by atoms with E-state index in [2.05, 4.69) is 52.6 Å². The SMILES string of the molecule is CCCCCOc1cc(C)ccc1CNC(=NC)NCCN1CCN(C(C)=O)CC1. The first-order valence-electron chi connectivity index (χ1n) is 11.2. The van der Waals surface area contributed by atoms with Gasteiger partial charge in [-0.3, -0.25) is 14.7 Å². The predicted molar refractivity (Wildman–Crippen MR) is 123 cm³/mol. The van der Waals surface area contributed by atoms with Crippen molar-refractivity contribution in [1.82, 2.24) is 20.4 Å². The Morgan fingerprint density at radius 3 is 2.60 bits per heavy atom. The number of rotatable bonds is 10. The van der Waals surface area contributed by atoms with Crippen LogP contribution in [0.15, 0.2) is 23.2 Å². The zero-order valence-electron chi connectivity index (χ0n) is 19.2. The molecule has 0 aliphatic carbocycles. The minimum absolute atomic E-state index is 0.169. The smallest absolute Gasteiger partial charge is 0.219 e. The molecule has 0 atom stereocenters. The lowest BCUT2D eigenvalue weighted by Crippen LogP contribution is -2.50. The molecule has 1 fully saturated rings. The first-order valence-corrected chi connectivity index (χ1v) is 11.2. The molecule has 2 rings (SSSR count). The third-order valence-corrected chi connectivity index (χ3v) is 5.44. The molecule has 0 unspecified atom stereocenters. The molecule has 1 aliphatic rings. The Bertz CT molecular complexity index is 684. The molecule has 30 heavy (non-hydrogen) atoms. The molecule has 0 aromatic heterocycles. The van der Waals surface area contributed by atoms with Gasteiger partial charge in [0.25, 0.3) is 0 Å². The van der Waals surface area contributed by atoms with E-state index in [1.54, 1.807) is 14.0 Å². The van der Waals surface area contributed by atoms with E-state index in [1.165, 1.54) is 18.4 Å². The highest BCUT2D eigenvalue weighted by atomic mass is 16.5. The lowest BCUT2D eigenvalue weighted by molar-refractivity contribution is -0.130. The van der Waals surface area contributed by atoms with Crippen LogP contribution in [-0.2, 0) is 11.3 Å². The van der Waals surface area contributed by atoms with E-state index in [1.807, 2.05) is 4.90 Å². The summed E-state index contributed by atoms with van der Waals surface area (Å²) in [6.07, 6.45) is 3.47. The number of nitrogens with one attached hydrogen (secondary N) is 2. The number of guanidine groups is 1.